The summed E-state index contributed by atoms with van der Waals surface area (Å²) in [7, 11) is 1.50. The summed E-state index contributed by atoms with van der Waals surface area (Å²) in [6, 6.07) is 9.30. The Kier molecular flexibility index (Phi) is 4.28. The van der Waals surface area contributed by atoms with Gasteiger partial charge in [0.1, 0.15) is 0 Å². The van der Waals surface area contributed by atoms with Gasteiger partial charge in [0, 0.05) is 7.11 Å². The molecule has 0 aliphatic heterocycles. The average Bonchev–Trinajstić information content (AvgIpc) is 2.60. The van der Waals surface area contributed by atoms with E-state index in [4.69, 9.17) is 4.74 Å². The summed E-state index contributed by atoms with van der Waals surface area (Å²) in [5.41, 5.74) is 5.80. The minimum absolute atomic E-state index is 0.0112. The van der Waals surface area contributed by atoms with E-state index in [9.17, 15) is 9.59 Å². The molecule has 5 rings (SSSR count). The smallest absolute Gasteiger partial charge is 0.272 e. The van der Waals surface area contributed by atoms with Gasteiger partial charge in [-0.05, 0) is 61.8 Å². The molecule has 2 N–H and O–H groups in total. The SMILES string of the molecule is CO[C@@H](C(=O)NNC(=O)C12CC3CC(CC(C3)C1)C2)c1ccccc1. The molecule has 2 amide bonds. The number of ether oxygens (including phenoxy) is 1. The number of rotatable bonds is 4. The van der Waals surface area contributed by atoms with Gasteiger partial charge in [-0.25, -0.2) is 0 Å². The maximum atomic E-state index is 12.9. The molecule has 1 atom stereocenters. The molecule has 0 saturated heterocycles. The second-order valence-electron chi connectivity index (χ2n) is 8.17. The van der Waals surface area contributed by atoms with E-state index in [2.05, 4.69) is 10.9 Å². The van der Waals surface area contributed by atoms with Crippen LogP contribution < -0.4 is 10.9 Å². The third-order valence-corrected chi connectivity index (χ3v) is 6.40. The van der Waals surface area contributed by atoms with Gasteiger partial charge in [0.15, 0.2) is 6.10 Å². The normalized spacial score (nSPS) is 33.7. The van der Waals surface area contributed by atoms with Crippen LogP contribution in [0.4, 0.5) is 0 Å². The second-order valence-corrected chi connectivity index (χ2v) is 8.17. The third kappa shape index (κ3) is 3.06. The summed E-state index contributed by atoms with van der Waals surface area (Å²) in [5.74, 6) is 1.74. The second kappa shape index (κ2) is 6.45. The number of hydrogen-bond acceptors (Lipinski definition) is 3. The molecule has 4 aliphatic rings. The van der Waals surface area contributed by atoms with Crippen molar-refractivity contribution < 1.29 is 14.3 Å². The zero-order valence-corrected chi connectivity index (χ0v) is 14.7. The first-order valence-corrected chi connectivity index (χ1v) is 9.28. The van der Waals surface area contributed by atoms with E-state index >= 15 is 0 Å². The van der Waals surface area contributed by atoms with Gasteiger partial charge < -0.3 is 4.74 Å². The number of benzene rings is 1. The molecule has 0 heterocycles. The maximum absolute atomic E-state index is 12.9. The van der Waals surface area contributed by atoms with Crippen LogP contribution in [0.15, 0.2) is 30.3 Å². The number of carbonyl (C=O) groups is 2. The zero-order chi connectivity index (χ0) is 17.4. The van der Waals surface area contributed by atoms with Gasteiger partial charge in [0.2, 0.25) is 5.91 Å². The van der Waals surface area contributed by atoms with Crippen LogP contribution in [0.25, 0.3) is 0 Å². The van der Waals surface area contributed by atoms with Crippen LogP contribution in [0.2, 0.25) is 0 Å². The van der Waals surface area contributed by atoms with Gasteiger partial charge in [0.25, 0.3) is 5.91 Å². The summed E-state index contributed by atoms with van der Waals surface area (Å²) in [5, 5.41) is 0. The molecule has 1 aromatic carbocycles. The van der Waals surface area contributed by atoms with Crippen LogP contribution in [-0.2, 0) is 14.3 Å². The van der Waals surface area contributed by atoms with Crippen molar-refractivity contribution in [2.24, 2.45) is 23.2 Å². The lowest BCUT2D eigenvalue weighted by Crippen LogP contribution is -2.57. The molecule has 4 fully saturated rings. The Bertz CT molecular complexity index is 623. The molecule has 4 aliphatic carbocycles. The molecule has 0 radical (unpaired) electrons. The molecule has 4 bridgehead atoms. The van der Waals surface area contributed by atoms with Crippen molar-refractivity contribution in [2.45, 2.75) is 44.6 Å². The van der Waals surface area contributed by atoms with Gasteiger partial charge in [0.05, 0.1) is 5.41 Å². The minimum Gasteiger partial charge on any atom is -0.367 e. The van der Waals surface area contributed by atoms with Crippen LogP contribution in [0, 0.1) is 23.2 Å². The van der Waals surface area contributed by atoms with Crippen molar-refractivity contribution >= 4 is 11.8 Å². The van der Waals surface area contributed by atoms with Crippen molar-refractivity contribution in [3.8, 4) is 0 Å². The minimum atomic E-state index is -0.724. The highest BCUT2D eigenvalue weighted by atomic mass is 16.5. The highest BCUT2D eigenvalue weighted by Gasteiger charge is 2.54. The Morgan fingerprint density at radius 3 is 2.08 bits per heavy atom. The Labute approximate surface area is 148 Å². The van der Waals surface area contributed by atoms with Crippen LogP contribution in [0.1, 0.15) is 50.2 Å². The van der Waals surface area contributed by atoms with Crippen LogP contribution >= 0.6 is 0 Å². The fraction of sp³-hybridized carbons (Fsp3) is 0.600. The van der Waals surface area contributed by atoms with E-state index in [0.717, 1.165) is 24.8 Å². The molecule has 0 spiro atoms. The largest absolute Gasteiger partial charge is 0.367 e. The molecule has 0 unspecified atom stereocenters. The molecular formula is C20H26N2O3. The van der Waals surface area contributed by atoms with E-state index < -0.39 is 6.10 Å². The van der Waals surface area contributed by atoms with Crippen LogP contribution in [0.5, 0.6) is 0 Å². The maximum Gasteiger partial charge on any atom is 0.272 e. The van der Waals surface area contributed by atoms with E-state index in [1.54, 1.807) is 0 Å². The van der Waals surface area contributed by atoms with Crippen molar-refractivity contribution in [2.75, 3.05) is 7.11 Å². The molecule has 5 heteroatoms. The number of amides is 2. The lowest BCUT2D eigenvalue weighted by Gasteiger charge is -2.55. The summed E-state index contributed by atoms with van der Waals surface area (Å²) in [6.07, 6.45) is 6.08. The van der Waals surface area contributed by atoms with Gasteiger partial charge in [-0.1, -0.05) is 30.3 Å². The molecule has 1 aromatic rings. The highest BCUT2D eigenvalue weighted by Crippen LogP contribution is 2.60. The number of methoxy groups -OCH3 is 1. The molecule has 5 nitrogen and oxygen atoms in total. The van der Waals surface area contributed by atoms with Crippen molar-refractivity contribution in [3.63, 3.8) is 0 Å². The van der Waals surface area contributed by atoms with Gasteiger partial charge in [-0.15, -0.1) is 0 Å². The lowest BCUT2D eigenvalue weighted by atomic mass is 9.49. The summed E-state index contributed by atoms with van der Waals surface area (Å²) in [6.45, 7) is 0. The van der Waals surface area contributed by atoms with Gasteiger partial charge in [-0.3, -0.25) is 20.4 Å². The van der Waals surface area contributed by atoms with E-state index in [1.807, 2.05) is 30.3 Å². The van der Waals surface area contributed by atoms with E-state index in [1.165, 1.54) is 26.4 Å². The van der Waals surface area contributed by atoms with Crippen LogP contribution in [-0.4, -0.2) is 18.9 Å². The Balaban J connectivity index is 1.39. The monoisotopic (exact) mass is 342 g/mol. The predicted molar refractivity (Wildman–Crippen MR) is 93.1 cm³/mol. The number of hydrazine groups is 1. The number of carbonyl (C=O) groups excluding carboxylic acids is 2. The van der Waals surface area contributed by atoms with E-state index in [0.29, 0.717) is 17.8 Å². The van der Waals surface area contributed by atoms with Crippen molar-refractivity contribution in [1.82, 2.24) is 10.9 Å². The lowest BCUT2D eigenvalue weighted by molar-refractivity contribution is -0.150. The molecule has 25 heavy (non-hydrogen) atoms. The van der Waals surface area contributed by atoms with Gasteiger partial charge >= 0.3 is 0 Å². The Morgan fingerprint density at radius 1 is 1.00 bits per heavy atom. The topological polar surface area (TPSA) is 67.4 Å². The third-order valence-electron chi connectivity index (χ3n) is 6.40. The molecular weight excluding hydrogens is 316 g/mol. The summed E-state index contributed by atoms with van der Waals surface area (Å²) < 4.78 is 5.32. The number of nitrogens with one attached hydrogen (secondary N) is 2. The highest BCUT2D eigenvalue weighted by molar-refractivity contribution is 5.88. The first-order chi connectivity index (χ1) is 12.1. The predicted octanol–water partition coefficient (Wildman–Crippen LogP) is 2.74. The average molecular weight is 342 g/mol. The van der Waals surface area contributed by atoms with Crippen molar-refractivity contribution in [3.05, 3.63) is 35.9 Å². The summed E-state index contributed by atoms with van der Waals surface area (Å²) >= 11 is 0. The van der Waals surface area contributed by atoms with Crippen molar-refractivity contribution in [1.29, 1.82) is 0 Å². The molecule has 4 saturated carbocycles. The fourth-order valence-electron chi connectivity index (χ4n) is 5.73. The van der Waals surface area contributed by atoms with Gasteiger partial charge in [-0.2, -0.15) is 0 Å². The molecule has 134 valence electrons. The standard InChI is InChI=1S/C20H26N2O3/c1-25-17(16-5-3-2-4-6-16)18(23)21-22-19(24)20-10-13-7-14(11-20)9-15(8-13)12-20/h2-6,13-15,17H,7-12H2,1H3,(H,21,23)(H,22,24)/t13?,14?,15?,17-,20?/m1/s1. The van der Waals surface area contributed by atoms with Crippen LogP contribution in [0.3, 0.4) is 0 Å². The van der Waals surface area contributed by atoms with E-state index in [-0.39, 0.29) is 17.2 Å². The quantitative estimate of drug-likeness (QED) is 0.827. The zero-order valence-electron chi connectivity index (χ0n) is 14.7. The fourth-order valence-corrected chi connectivity index (χ4v) is 5.73. The Morgan fingerprint density at radius 2 is 1.56 bits per heavy atom. The first-order valence-electron chi connectivity index (χ1n) is 9.28. The summed E-state index contributed by atoms with van der Waals surface area (Å²) in [4.78, 5) is 25.3. The Hall–Kier alpha value is -1.88. The number of hydrogen-bond donors (Lipinski definition) is 2. The molecule has 0 aromatic heterocycles. The first kappa shape index (κ1) is 16.6.